The summed E-state index contributed by atoms with van der Waals surface area (Å²) in [5.74, 6) is 0.939. The normalized spacial score (nSPS) is 12.4. The highest BCUT2D eigenvalue weighted by molar-refractivity contribution is 9.10. The molecule has 1 N–H and O–H groups in total. The van der Waals surface area contributed by atoms with Gasteiger partial charge in [0.05, 0.1) is 7.11 Å². The molecule has 0 saturated carbocycles. The zero-order valence-electron chi connectivity index (χ0n) is 10.4. The standard InChI is InChI=1S/C14H16BrNOS/c1-16-13(10-5-6-18-9-10)8-11-7-12(15)3-4-14(11)17-2/h3-7,9,13,16H,8H2,1-2H3. The van der Waals surface area contributed by atoms with Gasteiger partial charge >= 0.3 is 0 Å². The number of nitrogens with one attached hydrogen (secondary N) is 1. The van der Waals surface area contributed by atoms with Gasteiger partial charge in [-0.15, -0.1) is 0 Å². The van der Waals surface area contributed by atoms with Gasteiger partial charge in [-0.3, -0.25) is 0 Å². The van der Waals surface area contributed by atoms with Crippen molar-refractivity contribution in [2.75, 3.05) is 14.2 Å². The lowest BCUT2D eigenvalue weighted by Crippen LogP contribution is -2.18. The molecule has 96 valence electrons. The van der Waals surface area contributed by atoms with E-state index in [2.05, 4.69) is 44.1 Å². The third kappa shape index (κ3) is 3.13. The molecule has 2 aromatic rings. The molecule has 4 heteroatoms. The molecule has 18 heavy (non-hydrogen) atoms. The number of rotatable bonds is 5. The van der Waals surface area contributed by atoms with Crippen LogP contribution in [0.5, 0.6) is 5.75 Å². The molecule has 0 aliphatic rings. The summed E-state index contributed by atoms with van der Waals surface area (Å²) in [5.41, 5.74) is 2.53. The zero-order valence-corrected chi connectivity index (χ0v) is 12.8. The molecule has 1 unspecified atom stereocenters. The van der Waals surface area contributed by atoms with Crippen molar-refractivity contribution in [3.05, 3.63) is 50.6 Å². The maximum absolute atomic E-state index is 5.42. The highest BCUT2D eigenvalue weighted by Gasteiger charge is 2.13. The predicted molar refractivity (Wildman–Crippen MR) is 80.5 cm³/mol. The van der Waals surface area contributed by atoms with Gasteiger partial charge in [-0.1, -0.05) is 15.9 Å². The van der Waals surface area contributed by atoms with E-state index in [1.165, 1.54) is 11.1 Å². The summed E-state index contributed by atoms with van der Waals surface area (Å²) in [5, 5.41) is 7.65. The number of thiophene rings is 1. The average Bonchev–Trinajstić information content (AvgIpc) is 2.90. The predicted octanol–water partition coefficient (Wildman–Crippen LogP) is 4.02. The Kier molecular flexibility index (Phi) is 4.80. The zero-order chi connectivity index (χ0) is 13.0. The van der Waals surface area contributed by atoms with Gasteiger partial charge in [0.1, 0.15) is 5.75 Å². The molecule has 0 aliphatic carbocycles. The van der Waals surface area contributed by atoms with Gasteiger partial charge in [0.2, 0.25) is 0 Å². The van der Waals surface area contributed by atoms with Crippen LogP contribution in [0.2, 0.25) is 0 Å². The van der Waals surface area contributed by atoms with E-state index in [-0.39, 0.29) is 0 Å². The molecule has 0 aliphatic heterocycles. The lowest BCUT2D eigenvalue weighted by atomic mass is 10.0. The Morgan fingerprint density at radius 1 is 1.39 bits per heavy atom. The topological polar surface area (TPSA) is 21.3 Å². The van der Waals surface area contributed by atoms with Crippen molar-refractivity contribution in [1.82, 2.24) is 5.32 Å². The number of hydrogen-bond acceptors (Lipinski definition) is 3. The van der Waals surface area contributed by atoms with Crippen molar-refractivity contribution in [1.29, 1.82) is 0 Å². The first-order valence-corrected chi connectivity index (χ1v) is 7.50. The lowest BCUT2D eigenvalue weighted by molar-refractivity contribution is 0.406. The van der Waals surface area contributed by atoms with Crippen molar-refractivity contribution in [3.8, 4) is 5.75 Å². The summed E-state index contributed by atoms with van der Waals surface area (Å²) in [6.45, 7) is 0. The maximum atomic E-state index is 5.42. The molecule has 1 aromatic heterocycles. The minimum Gasteiger partial charge on any atom is -0.496 e. The lowest BCUT2D eigenvalue weighted by Gasteiger charge is -2.17. The third-order valence-electron chi connectivity index (χ3n) is 2.96. The van der Waals surface area contributed by atoms with Gasteiger partial charge in [0.15, 0.2) is 0 Å². The molecule has 0 radical (unpaired) electrons. The molecule has 0 spiro atoms. The third-order valence-corrected chi connectivity index (χ3v) is 4.16. The second kappa shape index (κ2) is 6.36. The van der Waals surface area contributed by atoms with Crippen LogP contribution in [0, 0.1) is 0 Å². The number of methoxy groups -OCH3 is 1. The first-order chi connectivity index (χ1) is 8.74. The summed E-state index contributed by atoms with van der Waals surface area (Å²) in [4.78, 5) is 0. The number of hydrogen-bond donors (Lipinski definition) is 1. The van der Waals surface area contributed by atoms with Gasteiger partial charge in [-0.25, -0.2) is 0 Å². The Hall–Kier alpha value is -0.840. The quantitative estimate of drug-likeness (QED) is 0.896. The maximum Gasteiger partial charge on any atom is 0.122 e. The smallest absolute Gasteiger partial charge is 0.122 e. The molecular formula is C14H16BrNOS. The minimum atomic E-state index is 0.319. The second-order valence-corrected chi connectivity index (χ2v) is 5.75. The van der Waals surface area contributed by atoms with Crippen molar-refractivity contribution in [2.24, 2.45) is 0 Å². The second-order valence-electron chi connectivity index (χ2n) is 4.06. The van der Waals surface area contributed by atoms with E-state index in [4.69, 9.17) is 4.74 Å². The summed E-state index contributed by atoms with van der Waals surface area (Å²) in [6, 6.07) is 8.60. The average molecular weight is 326 g/mol. The van der Waals surface area contributed by atoms with Crippen LogP contribution in [0.15, 0.2) is 39.5 Å². The number of halogens is 1. The SMILES string of the molecule is CNC(Cc1cc(Br)ccc1OC)c1ccsc1. The Labute approximate surface area is 120 Å². The number of benzene rings is 1. The van der Waals surface area contributed by atoms with Crippen molar-refractivity contribution in [3.63, 3.8) is 0 Å². The number of ether oxygens (including phenoxy) is 1. The van der Waals surface area contributed by atoms with Gasteiger partial charge < -0.3 is 10.1 Å². The van der Waals surface area contributed by atoms with Crippen LogP contribution in [0.3, 0.4) is 0 Å². The van der Waals surface area contributed by atoms with Crippen LogP contribution in [0.4, 0.5) is 0 Å². The van der Waals surface area contributed by atoms with Crippen LogP contribution in [-0.2, 0) is 6.42 Å². The van der Waals surface area contributed by atoms with Crippen LogP contribution >= 0.6 is 27.3 Å². The summed E-state index contributed by atoms with van der Waals surface area (Å²) < 4.78 is 6.50. The highest BCUT2D eigenvalue weighted by Crippen LogP contribution is 2.28. The van der Waals surface area contributed by atoms with Crippen LogP contribution in [-0.4, -0.2) is 14.2 Å². The summed E-state index contributed by atoms with van der Waals surface area (Å²) in [7, 11) is 3.71. The van der Waals surface area contributed by atoms with Crippen LogP contribution in [0.1, 0.15) is 17.2 Å². The first-order valence-electron chi connectivity index (χ1n) is 5.76. The van der Waals surface area contributed by atoms with Gasteiger partial charge in [-0.2, -0.15) is 11.3 Å². The molecule has 1 heterocycles. The molecule has 0 amide bonds. The van der Waals surface area contributed by atoms with E-state index in [1.54, 1.807) is 18.4 Å². The van der Waals surface area contributed by atoms with Crippen molar-refractivity contribution < 1.29 is 4.74 Å². The molecule has 2 nitrogen and oxygen atoms in total. The fourth-order valence-corrected chi connectivity index (χ4v) is 3.11. The van der Waals surface area contributed by atoms with Gasteiger partial charge in [0, 0.05) is 10.5 Å². The molecular weight excluding hydrogens is 310 g/mol. The van der Waals surface area contributed by atoms with Crippen LogP contribution < -0.4 is 10.1 Å². The van der Waals surface area contributed by atoms with Crippen molar-refractivity contribution in [2.45, 2.75) is 12.5 Å². The summed E-state index contributed by atoms with van der Waals surface area (Å²) >= 11 is 5.24. The Morgan fingerprint density at radius 2 is 2.22 bits per heavy atom. The van der Waals surface area contributed by atoms with E-state index in [0.717, 1.165) is 16.6 Å². The largest absolute Gasteiger partial charge is 0.496 e. The Morgan fingerprint density at radius 3 is 2.83 bits per heavy atom. The summed E-state index contributed by atoms with van der Waals surface area (Å²) in [6.07, 6.45) is 0.913. The minimum absolute atomic E-state index is 0.319. The molecule has 0 bridgehead atoms. The fourth-order valence-electron chi connectivity index (χ4n) is 1.99. The fraction of sp³-hybridized carbons (Fsp3) is 0.286. The molecule has 1 aromatic carbocycles. The van der Waals surface area contributed by atoms with E-state index < -0.39 is 0 Å². The van der Waals surface area contributed by atoms with Gasteiger partial charge in [0.25, 0.3) is 0 Å². The van der Waals surface area contributed by atoms with E-state index in [1.807, 2.05) is 19.2 Å². The highest BCUT2D eigenvalue weighted by atomic mass is 79.9. The Balaban J connectivity index is 2.24. The van der Waals surface area contributed by atoms with Gasteiger partial charge in [-0.05, 0) is 59.6 Å². The van der Waals surface area contributed by atoms with Crippen LogP contribution in [0.25, 0.3) is 0 Å². The Bertz CT molecular complexity index is 499. The molecule has 0 fully saturated rings. The van der Waals surface area contributed by atoms with E-state index in [0.29, 0.717) is 6.04 Å². The molecule has 1 atom stereocenters. The first kappa shape index (κ1) is 13.6. The van der Waals surface area contributed by atoms with E-state index in [9.17, 15) is 0 Å². The molecule has 0 saturated heterocycles. The monoisotopic (exact) mass is 325 g/mol. The van der Waals surface area contributed by atoms with E-state index >= 15 is 0 Å². The number of likely N-dealkylation sites (N-methyl/N-ethyl adjacent to an activating group) is 1. The van der Waals surface area contributed by atoms with Crippen molar-refractivity contribution >= 4 is 27.3 Å². The molecule has 2 rings (SSSR count).